The summed E-state index contributed by atoms with van der Waals surface area (Å²) >= 11 is 0. The molecule has 1 heteroatoms. The number of hydrogen-bond donors (Lipinski definition) is 0. The van der Waals surface area contributed by atoms with Gasteiger partial charge in [0.05, 0.1) is 6.10 Å². The minimum atomic E-state index is 0.556. The molecule has 4 fully saturated rings. The van der Waals surface area contributed by atoms with Gasteiger partial charge in [0.25, 0.3) is 0 Å². The van der Waals surface area contributed by atoms with Crippen molar-refractivity contribution >= 4 is 0 Å². The standard InChI is InChI=1S/C20H34O/c1-19-10-4-5-17(19)16-7-6-14-13-15(21-3)8-12-20(14,2)18(16)9-11-19/h14-18H,4-13H2,1-3H3/t14-,15+,16-,17+,18+,19-,20-/m0/s1. The Hall–Kier alpha value is -0.0400. The molecule has 21 heavy (non-hydrogen) atoms. The second kappa shape index (κ2) is 4.98. The molecule has 4 aliphatic rings. The van der Waals surface area contributed by atoms with Gasteiger partial charge in [-0.25, -0.2) is 0 Å². The molecule has 0 aromatic rings. The minimum Gasteiger partial charge on any atom is -0.381 e. The Balaban J connectivity index is 1.59. The average molecular weight is 290 g/mol. The van der Waals surface area contributed by atoms with E-state index in [4.69, 9.17) is 4.74 Å². The van der Waals surface area contributed by atoms with E-state index in [2.05, 4.69) is 13.8 Å². The molecule has 120 valence electrons. The van der Waals surface area contributed by atoms with E-state index in [9.17, 15) is 0 Å². The average Bonchev–Trinajstić information content (AvgIpc) is 2.88. The van der Waals surface area contributed by atoms with Gasteiger partial charge in [-0.1, -0.05) is 20.3 Å². The van der Waals surface area contributed by atoms with Gasteiger partial charge in [-0.2, -0.15) is 0 Å². The third kappa shape index (κ3) is 2.06. The first-order valence-electron chi connectivity index (χ1n) is 9.60. The van der Waals surface area contributed by atoms with Gasteiger partial charge >= 0.3 is 0 Å². The zero-order valence-corrected chi connectivity index (χ0v) is 14.4. The molecule has 0 bridgehead atoms. The SMILES string of the molecule is CO[C@@H]1CC[C@@]2(C)[C@@H](CC[C@H]3[C@H]4CCC[C@@]4(C)CC[C@H]32)C1. The van der Waals surface area contributed by atoms with Gasteiger partial charge in [0.1, 0.15) is 0 Å². The highest BCUT2D eigenvalue weighted by Gasteiger charge is 2.57. The summed E-state index contributed by atoms with van der Waals surface area (Å²) in [6.07, 6.45) is 15.3. The highest BCUT2D eigenvalue weighted by atomic mass is 16.5. The number of rotatable bonds is 1. The monoisotopic (exact) mass is 290 g/mol. The fourth-order valence-electron chi connectivity index (χ4n) is 7.43. The number of methoxy groups -OCH3 is 1. The highest BCUT2D eigenvalue weighted by Crippen LogP contribution is 2.66. The molecule has 0 heterocycles. The lowest BCUT2D eigenvalue weighted by Gasteiger charge is -2.60. The molecule has 4 aliphatic carbocycles. The predicted octanol–water partition coefficient (Wildman–Crippen LogP) is 5.43. The Morgan fingerprint density at radius 2 is 1.71 bits per heavy atom. The Morgan fingerprint density at radius 3 is 2.52 bits per heavy atom. The summed E-state index contributed by atoms with van der Waals surface area (Å²) in [5.74, 6) is 4.11. The van der Waals surface area contributed by atoms with Gasteiger partial charge in [0.2, 0.25) is 0 Å². The maximum atomic E-state index is 5.71. The van der Waals surface area contributed by atoms with E-state index in [1.807, 2.05) is 7.11 Å². The maximum Gasteiger partial charge on any atom is 0.0574 e. The summed E-state index contributed by atoms with van der Waals surface area (Å²) < 4.78 is 5.71. The first-order chi connectivity index (χ1) is 10.1. The van der Waals surface area contributed by atoms with Crippen LogP contribution in [0.2, 0.25) is 0 Å². The van der Waals surface area contributed by atoms with E-state index in [1.54, 1.807) is 6.42 Å². The fraction of sp³-hybridized carbons (Fsp3) is 1.00. The van der Waals surface area contributed by atoms with Crippen molar-refractivity contribution < 1.29 is 4.74 Å². The van der Waals surface area contributed by atoms with Crippen LogP contribution < -0.4 is 0 Å². The van der Waals surface area contributed by atoms with Crippen molar-refractivity contribution in [1.29, 1.82) is 0 Å². The Labute approximate surface area is 131 Å². The maximum absolute atomic E-state index is 5.71. The lowest BCUT2D eigenvalue weighted by atomic mass is 9.45. The summed E-state index contributed by atoms with van der Waals surface area (Å²) in [6.45, 7) is 5.29. The molecule has 1 nitrogen and oxygen atoms in total. The summed E-state index contributed by atoms with van der Waals surface area (Å²) in [6, 6.07) is 0. The lowest BCUT2D eigenvalue weighted by Crippen LogP contribution is -2.53. The van der Waals surface area contributed by atoms with Crippen molar-refractivity contribution in [1.82, 2.24) is 0 Å². The van der Waals surface area contributed by atoms with Crippen LogP contribution in [0.25, 0.3) is 0 Å². The minimum absolute atomic E-state index is 0.556. The van der Waals surface area contributed by atoms with Crippen LogP contribution in [0.15, 0.2) is 0 Å². The van der Waals surface area contributed by atoms with Crippen molar-refractivity contribution in [3.05, 3.63) is 0 Å². The number of hydrogen-bond acceptors (Lipinski definition) is 1. The molecule has 0 N–H and O–H groups in total. The van der Waals surface area contributed by atoms with Crippen LogP contribution in [0.4, 0.5) is 0 Å². The van der Waals surface area contributed by atoms with E-state index in [1.165, 1.54) is 57.8 Å². The van der Waals surface area contributed by atoms with Crippen LogP contribution in [0.1, 0.15) is 78.1 Å². The van der Waals surface area contributed by atoms with Crippen LogP contribution in [-0.4, -0.2) is 13.2 Å². The number of fused-ring (bicyclic) bond motifs is 5. The lowest BCUT2D eigenvalue weighted by molar-refractivity contribution is -0.125. The zero-order chi connectivity index (χ0) is 14.7. The molecule has 0 spiro atoms. The van der Waals surface area contributed by atoms with E-state index < -0.39 is 0 Å². The van der Waals surface area contributed by atoms with E-state index in [0.717, 1.165) is 23.7 Å². The van der Waals surface area contributed by atoms with Gasteiger partial charge in [-0.15, -0.1) is 0 Å². The van der Waals surface area contributed by atoms with E-state index in [-0.39, 0.29) is 0 Å². The van der Waals surface area contributed by atoms with Gasteiger partial charge < -0.3 is 4.74 Å². The van der Waals surface area contributed by atoms with Crippen LogP contribution in [0.5, 0.6) is 0 Å². The molecular weight excluding hydrogens is 256 g/mol. The largest absolute Gasteiger partial charge is 0.381 e. The molecule has 0 aromatic heterocycles. The Kier molecular flexibility index (Phi) is 3.45. The topological polar surface area (TPSA) is 9.23 Å². The Bertz CT molecular complexity index is 405. The van der Waals surface area contributed by atoms with Crippen molar-refractivity contribution in [2.24, 2.45) is 34.5 Å². The fourth-order valence-corrected chi connectivity index (χ4v) is 7.43. The van der Waals surface area contributed by atoms with Crippen molar-refractivity contribution in [3.8, 4) is 0 Å². The molecule has 0 amide bonds. The number of ether oxygens (including phenoxy) is 1. The first-order valence-corrected chi connectivity index (χ1v) is 9.60. The summed E-state index contributed by atoms with van der Waals surface area (Å²) in [7, 11) is 1.92. The predicted molar refractivity (Wildman–Crippen MR) is 87.1 cm³/mol. The summed E-state index contributed by atoms with van der Waals surface area (Å²) in [5, 5.41) is 0. The zero-order valence-electron chi connectivity index (χ0n) is 14.4. The molecular formula is C20H34O. The highest BCUT2D eigenvalue weighted by molar-refractivity contribution is 5.07. The molecule has 4 rings (SSSR count). The smallest absolute Gasteiger partial charge is 0.0574 e. The quantitative estimate of drug-likeness (QED) is 0.625. The molecule has 0 aromatic carbocycles. The second-order valence-corrected chi connectivity index (χ2v) is 9.37. The van der Waals surface area contributed by atoms with Gasteiger partial charge in [0.15, 0.2) is 0 Å². The van der Waals surface area contributed by atoms with Crippen LogP contribution >= 0.6 is 0 Å². The molecule has 0 aliphatic heterocycles. The summed E-state index contributed by atoms with van der Waals surface area (Å²) in [4.78, 5) is 0. The van der Waals surface area contributed by atoms with E-state index >= 15 is 0 Å². The van der Waals surface area contributed by atoms with Crippen molar-refractivity contribution in [2.75, 3.05) is 7.11 Å². The van der Waals surface area contributed by atoms with Gasteiger partial charge in [-0.05, 0) is 92.3 Å². The molecule has 4 saturated carbocycles. The summed E-state index contributed by atoms with van der Waals surface area (Å²) in [5.41, 5.74) is 1.36. The third-order valence-corrected chi connectivity index (χ3v) is 8.73. The van der Waals surface area contributed by atoms with Crippen molar-refractivity contribution in [3.63, 3.8) is 0 Å². The molecule has 7 atom stereocenters. The Morgan fingerprint density at radius 1 is 0.857 bits per heavy atom. The normalized spacial score (nSPS) is 56.4. The van der Waals surface area contributed by atoms with Gasteiger partial charge in [0, 0.05) is 7.11 Å². The molecule has 0 saturated heterocycles. The van der Waals surface area contributed by atoms with Gasteiger partial charge in [-0.3, -0.25) is 0 Å². The molecule has 0 radical (unpaired) electrons. The first kappa shape index (κ1) is 14.5. The third-order valence-electron chi connectivity index (χ3n) is 8.73. The molecule has 0 unspecified atom stereocenters. The van der Waals surface area contributed by atoms with Crippen LogP contribution in [-0.2, 0) is 4.74 Å². The van der Waals surface area contributed by atoms with Crippen LogP contribution in [0.3, 0.4) is 0 Å². The second-order valence-electron chi connectivity index (χ2n) is 9.37. The van der Waals surface area contributed by atoms with E-state index in [0.29, 0.717) is 16.9 Å². The van der Waals surface area contributed by atoms with Crippen LogP contribution in [0, 0.1) is 34.5 Å². The van der Waals surface area contributed by atoms with Crippen molar-refractivity contribution in [2.45, 2.75) is 84.2 Å².